The number of nitro benzene ring substituents is 1. The first-order valence-corrected chi connectivity index (χ1v) is 10.8. The minimum Gasteiger partial charge on any atom is -0.398 e. The van der Waals surface area contributed by atoms with Gasteiger partial charge in [0.05, 0.1) is 4.92 Å². The van der Waals surface area contributed by atoms with Crippen LogP contribution in [0.25, 0.3) is 0 Å². The largest absolute Gasteiger partial charge is 0.398 e. The van der Waals surface area contributed by atoms with E-state index in [-0.39, 0.29) is 16.4 Å². The quantitative estimate of drug-likeness (QED) is 0.480. The molecule has 0 heterocycles. The maximum Gasteiger partial charge on any atom is 0.276 e. The molecule has 4 aliphatic rings. The van der Waals surface area contributed by atoms with Crippen molar-refractivity contribution >= 4 is 17.2 Å². The van der Waals surface area contributed by atoms with Gasteiger partial charge in [0.1, 0.15) is 0 Å². The van der Waals surface area contributed by atoms with Crippen LogP contribution in [0.5, 0.6) is 0 Å². The Labute approximate surface area is 169 Å². The molecule has 2 aromatic rings. The van der Waals surface area contributed by atoms with Crippen LogP contribution in [-0.2, 0) is 44.9 Å². The Kier molecular flexibility index (Phi) is 3.50. The lowest BCUT2D eigenvalue weighted by molar-refractivity contribution is -0.386. The van der Waals surface area contributed by atoms with Gasteiger partial charge >= 0.3 is 0 Å². The van der Waals surface area contributed by atoms with Crippen molar-refractivity contribution in [3.05, 3.63) is 66.8 Å². The third-order valence-electron chi connectivity index (χ3n) is 7.90. The molecule has 0 bridgehead atoms. The summed E-state index contributed by atoms with van der Waals surface area (Å²) in [7, 11) is 0. The number of ketones is 1. The molecule has 0 saturated carbocycles. The Morgan fingerprint density at radius 2 is 1.55 bits per heavy atom. The molecule has 4 aliphatic carbocycles. The molecule has 2 aromatic carbocycles. The second-order valence-corrected chi connectivity index (χ2v) is 9.33. The molecule has 2 atom stereocenters. The monoisotopic (exact) mass is 388 g/mol. The fourth-order valence-corrected chi connectivity index (χ4v) is 6.53. The maximum absolute atomic E-state index is 12.2. The predicted molar refractivity (Wildman–Crippen MR) is 110 cm³/mol. The third-order valence-corrected chi connectivity index (χ3v) is 7.90. The maximum atomic E-state index is 12.2. The molecule has 0 amide bonds. The summed E-state index contributed by atoms with van der Waals surface area (Å²) in [6.07, 6.45) is 7.97. The highest BCUT2D eigenvalue weighted by atomic mass is 16.6. The van der Waals surface area contributed by atoms with Crippen LogP contribution >= 0.6 is 0 Å². The average Bonchev–Trinajstić information content (AvgIpc) is 3.45. The van der Waals surface area contributed by atoms with Crippen molar-refractivity contribution in [3.63, 3.8) is 0 Å². The number of nitro groups is 1. The van der Waals surface area contributed by atoms with E-state index in [2.05, 4.69) is 6.07 Å². The molecular weight excluding hydrogens is 364 g/mol. The highest BCUT2D eigenvalue weighted by Crippen LogP contribution is 2.47. The van der Waals surface area contributed by atoms with Gasteiger partial charge in [0.2, 0.25) is 0 Å². The lowest BCUT2D eigenvalue weighted by Crippen LogP contribution is -2.15. The molecule has 0 spiro atoms. The van der Waals surface area contributed by atoms with E-state index in [4.69, 9.17) is 5.73 Å². The number of fused-ring (bicyclic) bond motifs is 4. The van der Waals surface area contributed by atoms with E-state index in [0.29, 0.717) is 35.8 Å². The van der Waals surface area contributed by atoms with E-state index in [0.717, 1.165) is 55.3 Å². The number of carbonyl (C=O) groups is 1. The smallest absolute Gasteiger partial charge is 0.276 e. The van der Waals surface area contributed by atoms with Gasteiger partial charge in [-0.15, -0.1) is 0 Å². The molecule has 0 saturated heterocycles. The Morgan fingerprint density at radius 1 is 0.828 bits per heavy atom. The summed E-state index contributed by atoms with van der Waals surface area (Å²) in [6.45, 7) is 0. The van der Waals surface area contributed by atoms with Crippen LogP contribution in [0.15, 0.2) is 12.1 Å². The highest BCUT2D eigenvalue weighted by Gasteiger charge is 2.40. The minimum atomic E-state index is -0.245. The van der Waals surface area contributed by atoms with Crippen molar-refractivity contribution in [2.75, 3.05) is 5.73 Å². The van der Waals surface area contributed by atoms with E-state index < -0.39 is 0 Å². The molecule has 0 aliphatic heterocycles. The summed E-state index contributed by atoms with van der Waals surface area (Å²) in [5, 5.41) is 11.9. The molecule has 0 aromatic heterocycles. The molecule has 5 heteroatoms. The number of hydrogen-bond acceptors (Lipinski definition) is 4. The molecular formula is C24H24N2O3. The second kappa shape index (κ2) is 5.91. The predicted octanol–water partition coefficient (Wildman–Crippen LogP) is 3.92. The van der Waals surface area contributed by atoms with E-state index >= 15 is 0 Å². The molecule has 29 heavy (non-hydrogen) atoms. The Bertz CT molecular complexity index is 1120. The number of nitrogens with zero attached hydrogens (tertiary/aromatic N) is 1. The van der Waals surface area contributed by atoms with E-state index in [1.54, 1.807) is 0 Å². The summed E-state index contributed by atoms with van der Waals surface area (Å²) in [5.74, 6) is 0.931. The SMILES string of the molecule is Nc1c2c(cc3c1CC(C1Cc4cc5c(c([N+](=O)[O-])c4C1)CCC5=O)C3)CCC2. The summed E-state index contributed by atoms with van der Waals surface area (Å²) in [6, 6.07) is 4.35. The van der Waals surface area contributed by atoms with Crippen LogP contribution in [0.4, 0.5) is 11.4 Å². The fourth-order valence-electron chi connectivity index (χ4n) is 6.53. The minimum absolute atomic E-state index is 0.0601. The van der Waals surface area contributed by atoms with Gasteiger partial charge in [0, 0.05) is 28.8 Å². The van der Waals surface area contributed by atoms with Crippen LogP contribution < -0.4 is 5.73 Å². The van der Waals surface area contributed by atoms with Gasteiger partial charge in [-0.05, 0) is 97.1 Å². The number of anilines is 1. The van der Waals surface area contributed by atoms with Crippen molar-refractivity contribution in [2.24, 2.45) is 11.8 Å². The first-order chi connectivity index (χ1) is 14.0. The fraction of sp³-hybridized carbons (Fsp3) is 0.458. The zero-order valence-corrected chi connectivity index (χ0v) is 16.4. The molecule has 5 nitrogen and oxygen atoms in total. The van der Waals surface area contributed by atoms with Gasteiger partial charge in [-0.2, -0.15) is 0 Å². The second-order valence-electron chi connectivity index (χ2n) is 9.33. The highest BCUT2D eigenvalue weighted by molar-refractivity contribution is 6.02. The summed E-state index contributed by atoms with van der Waals surface area (Å²) in [4.78, 5) is 23.9. The molecule has 2 N–H and O–H groups in total. The van der Waals surface area contributed by atoms with Crippen molar-refractivity contribution < 1.29 is 9.72 Å². The van der Waals surface area contributed by atoms with Crippen LogP contribution in [0.2, 0.25) is 0 Å². The van der Waals surface area contributed by atoms with Gasteiger partial charge in [-0.1, -0.05) is 6.07 Å². The number of benzene rings is 2. The molecule has 148 valence electrons. The van der Waals surface area contributed by atoms with E-state index in [1.165, 1.54) is 28.7 Å². The topological polar surface area (TPSA) is 86.2 Å². The number of nitrogen functional groups attached to an aromatic ring is 1. The molecule has 0 radical (unpaired) electrons. The van der Waals surface area contributed by atoms with Crippen molar-refractivity contribution in [3.8, 4) is 0 Å². The van der Waals surface area contributed by atoms with E-state index in [9.17, 15) is 14.9 Å². The van der Waals surface area contributed by atoms with Gasteiger partial charge < -0.3 is 5.73 Å². The summed E-state index contributed by atoms with van der Waals surface area (Å²) >= 11 is 0. The first kappa shape index (κ1) is 17.2. The summed E-state index contributed by atoms with van der Waals surface area (Å²) < 4.78 is 0. The average molecular weight is 388 g/mol. The number of aryl methyl sites for hydroxylation is 1. The third kappa shape index (κ3) is 2.36. The lowest BCUT2D eigenvalue weighted by atomic mass is 9.87. The first-order valence-electron chi connectivity index (χ1n) is 10.8. The normalized spacial score (nSPS) is 23.8. The van der Waals surface area contributed by atoms with Gasteiger partial charge in [0.25, 0.3) is 5.69 Å². The molecule has 6 rings (SSSR count). The molecule has 0 fully saturated rings. The van der Waals surface area contributed by atoms with Crippen LogP contribution in [0, 0.1) is 22.0 Å². The standard InChI is InChI=1S/C24H24N2O3/c25-23-17-3-1-2-12(17)6-15-7-13(9-19(15)23)14-8-16-11-21-18(4-5-22(21)27)24(26(28)29)20(16)10-14/h6,11,13-14H,1-5,7-10,25H2. The summed E-state index contributed by atoms with van der Waals surface area (Å²) in [5.41, 5.74) is 16.5. The molecule has 2 unspecified atom stereocenters. The van der Waals surface area contributed by atoms with Gasteiger partial charge in [-0.25, -0.2) is 0 Å². The van der Waals surface area contributed by atoms with Crippen LogP contribution in [0.1, 0.15) is 62.1 Å². The Hall–Kier alpha value is -2.69. The number of Topliss-reactive ketones (excluding diaryl/α,β-unsaturated/α-hetero) is 1. The Morgan fingerprint density at radius 3 is 2.31 bits per heavy atom. The van der Waals surface area contributed by atoms with Gasteiger partial charge in [-0.3, -0.25) is 14.9 Å². The number of hydrogen-bond donors (Lipinski definition) is 1. The van der Waals surface area contributed by atoms with E-state index in [1.807, 2.05) is 6.07 Å². The van der Waals surface area contributed by atoms with Crippen LogP contribution in [0.3, 0.4) is 0 Å². The van der Waals surface area contributed by atoms with Crippen molar-refractivity contribution in [1.29, 1.82) is 0 Å². The number of nitrogens with two attached hydrogens (primary N) is 1. The van der Waals surface area contributed by atoms with Gasteiger partial charge in [0.15, 0.2) is 5.78 Å². The zero-order chi connectivity index (χ0) is 19.9. The van der Waals surface area contributed by atoms with Crippen molar-refractivity contribution in [2.45, 2.75) is 57.8 Å². The zero-order valence-electron chi connectivity index (χ0n) is 16.4. The Balaban J connectivity index is 1.33. The number of rotatable bonds is 2. The van der Waals surface area contributed by atoms with Crippen molar-refractivity contribution in [1.82, 2.24) is 0 Å². The lowest BCUT2D eigenvalue weighted by Gasteiger charge is -2.17. The van der Waals surface area contributed by atoms with Crippen LogP contribution in [-0.4, -0.2) is 10.7 Å². The number of carbonyl (C=O) groups excluding carboxylic acids is 1.